The number of amides is 3. The van der Waals surface area contributed by atoms with Gasteiger partial charge in [0.15, 0.2) is 0 Å². The number of likely N-dealkylation sites (tertiary alicyclic amines) is 1. The van der Waals surface area contributed by atoms with Crippen molar-refractivity contribution in [2.45, 2.75) is 52.1 Å². The van der Waals surface area contributed by atoms with Gasteiger partial charge in [0.05, 0.1) is 19.1 Å². The molecule has 0 unspecified atom stereocenters. The lowest BCUT2D eigenvalue weighted by Gasteiger charge is -2.40. The summed E-state index contributed by atoms with van der Waals surface area (Å²) in [5, 5.41) is 6.07. The van der Waals surface area contributed by atoms with Gasteiger partial charge in [-0.1, -0.05) is 42.0 Å². The van der Waals surface area contributed by atoms with Crippen LogP contribution < -0.4 is 15.4 Å². The molecule has 0 radical (unpaired) electrons. The Labute approximate surface area is 191 Å². The van der Waals surface area contributed by atoms with Crippen LogP contribution in [0.3, 0.4) is 0 Å². The SMILES string of the molecule is COc1ccc(CCNC(=O)[C@H]2CC[C@H](c3cccc(C)c3)N(C(=O)NC(C)C)C2)cc1. The highest BCUT2D eigenvalue weighted by atomic mass is 16.5. The van der Waals surface area contributed by atoms with Crippen LogP contribution in [-0.2, 0) is 11.2 Å². The van der Waals surface area contributed by atoms with Crippen molar-refractivity contribution in [1.82, 2.24) is 15.5 Å². The standard InChI is InChI=1S/C26H35N3O3/c1-18(2)28-26(31)29-17-22(10-13-24(29)21-7-5-6-19(3)16-21)25(30)27-15-14-20-8-11-23(32-4)12-9-20/h5-9,11-12,16,18,22,24H,10,13-15,17H2,1-4H3,(H,27,30)(H,28,31)/t22-,24+/m0/s1. The maximum absolute atomic E-state index is 13.0. The molecule has 172 valence electrons. The maximum Gasteiger partial charge on any atom is 0.318 e. The summed E-state index contributed by atoms with van der Waals surface area (Å²) in [5.74, 6) is 0.635. The zero-order chi connectivity index (χ0) is 23.1. The molecule has 2 aromatic carbocycles. The fraction of sp³-hybridized carbons (Fsp3) is 0.462. The summed E-state index contributed by atoms with van der Waals surface area (Å²) in [6.07, 6.45) is 2.29. The number of methoxy groups -OCH3 is 1. The van der Waals surface area contributed by atoms with Crippen LogP contribution in [-0.4, -0.2) is 43.1 Å². The van der Waals surface area contributed by atoms with E-state index in [1.807, 2.05) is 49.1 Å². The topological polar surface area (TPSA) is 70.7 Å². The number of hydrogen-bond donors (Lipinski definition) is 2. The van der Waals surface area contributed by atoms with Gasteiger partial charge in [0.2, 0.25) is 5.91 Å². The van der Waals surface area contributed by atoms with E-state index in [9.17, 15) is 9.59 Å². The molecule has 1 heterocycles. The molecule has 6 nitrogen and oxygen atoms in total. The third kappa shape index (κ3) is 6.25. The number of nitrogens with one attached hydrogen (secondary N) is 2. The third-order valence-corrected chi connectivity index (χ3v) is 5.92. The summed E-state index contributed by atoms with van der Waals surface area (Å²) in [5.41, 5.74) is 3.44. The predicted octanol–water partition coefficient (Wildman–Crippen LogP) is 4.23. The van der Waals surface area contributed by atoms with Crippen molar-refractivity contribution >= 4 is 11.9 Å². The fourth-order valence-electron chi connectivity index (χ4n) is 4.23. The van der Waals surface area contributed by atoms with Gasteiger partial charge >= 0.3 is 6.03 Å². The molecule has 2 N–H and O–H groups in total. The van der Waals surface area contributed by atoms with Gasteiger partial charge in [-0.3, -0.25) is 4.79 Å². The van der Waals surface area contributed by atoms with Crippen LogP contribution in [0.2, 0.25) is 0 Å². The van der Waals surface area contributed by atoms with E-state index in [0.717, 1.165) is 36.1 Å². The number of nitrogens with zero attached hydrogens (tertiary/aromatic N) is 1. The minimum Gasteiger partial charge on any atom is -0.497 e. The molecule has 6 heteroatoms. The molecule has 0 aliphatic carbocycles. The number of aryl methyl sites for hydroxylation is 1. The Bertz CT molecular complexity index is 911. The Hall–Kier alpha value is -3.02. The van der Waals surface area contributed by atoms with Crippen LogP contribution in [0, 0.1) is 12.8 Å². The molecule has 0 bridgehead atoms. The van der Waals surface area contributed by atoms with E-state index < -0.39 is 0 Å². The van der Waals surface area contributed by atoms with Crippen molar-refractivity contribution in [2.24, 2.45) is 5.92 Å². The molecule has 1 aliphatic rings. The average molecular weight is 438 g/mol. The van der Waals surface area contributed by atoms with E-state index >= 15 is 0 Å². The molecule has 3 amide bonds. The molecule has 2 atom stereocenters. The van der Waals surface area contributed by atoms with Crippen LogP contribution in [0.5, 0.6) is 5.75 Å². The number of carbonyl (C=O) groups is 2. The summed E-state index contributed by atoms with van der Waals surface area (Å²) < 4.78 is 5.18. The predicted molar refractivity (Wildman–Crippen MR) is 127 cm³/mol. The Balaban J connectivity index is 1.62. The molecule has 2 aromatic rings. The zero-order valence-corrected chi connectivity index (χ0v) is 19.6. The van der Waals surface area contributed by atoms with Crippen molar-refractivity contribution in [3.63, 3.8) is 0 Å². The molecule has 3 rings (SSSR count). The summed E-state index contributed by atoms with van der Waals surface area (Å²) >= 11 is 0. The maximum atomic E-state index is 13.0. The fourth-order valence-corrected chi connectivity index (χ4v) is 4.23. The molecule has 1 saturated heterocycles. The highest BCUT2D eigenvalue weighted by Gasteiger charge is 2.35. The number of rotatable bonds is 7. The monoisotopic (exact) mass is 437 g/mol. The first kappa shape index (κ1) is 23.6. The molecule has 0 spiro atoms. The second kappa shape index (κ2) is 11.0. The van der Waals surface area contributed by atoms with Crippen molar-refractivity contribution in [3.05, 3.63) is 65.2 Å². The van der Waals surface area contributed by atoms with Crippen LogP contribution in [0.1, 0.15) is 49.4 Å². The summed E-state index contributed by atoms with van der Waals surface area (Å²) in [4.78, 5) is 27.7. The van der Waals surface area contributed by atoms with Crippen LogP contribution >= 0.6 is 0 Å². The van der Waals surface area contributed by atoms with E-state index in [-0.39, 0.29) is 29.9 Å². The first-order valence-corrected chi connectivity index (χ1v) is 11.4. The molecular weight excluding hydrogens is 402 g/mol. The highest BCUT2D eigenvalue weighted by Crippen LogP contribution is 2.34. The van der Waals surface area contributed by atoms with Crippen LogP contribution in [0.15, 0.2) is 48.5 Å². The summed E-state index contributed by atoms with van der Waals surface area (Å²) in [6, 6.07) is 16.1. The number of piperidine rings is 1. The van der Waals surface area contributed by atoms with Crippen LogP contribution in [0.25, 0.3) is 0 Å². The Morgan fingerprint density at radius 2 is 1.88 bits per heavy atom. The van der Waals surface area contributed by atoms with Gasteiger partial charge in [-0.05, 0) is 63.3 Å². The van der Waals surface area contributed by atoms with E-state index in [2.05, 4.69) is 35.8 Å². The van der Waals surface area contributed by atoms with Gasteiger partial charge in [-0.15, -0.1) is 0 Å². The molecule has 0 aromatic heterocycles. The van der Waals surface area contributed by atoms with Gasteiger partial charge in [0.25, 0.3) is 0 Å². The van der Waals surface area contributed by atoms with Gasteiger partial charge in [0, 0.05) is 19.1 Å². The normalized spacial score (nSPS) is 18.3. The van der Waals surface area contributed by atoms with Crippen molar-refractivity contribution < 1.29 is 14.3 Å². The van der Waals surface area contributed by atoms with Gasteiger partial charge in [-0.25, -0.2) is 4.79 Å². The molecule has 32 heavy (non-hydrogen) atoms. The number of urea groups is 1. The van der Waals surface area contributed by atoms with Crippen molar-refractivity contribution in [1.29, 1.82) is 0 Å². The van der Waals surface area contributed by atoms with E-state index in [1.165, 1.54) is 5.56 Å². The Morgan fingerprint density at radius 3 is 2.53 bits per heavy atom. The largest absolute Gasteiger partial charge is 0.497 e. The van der Waals surface area contributed by atoms with Gasteiger partial charge in [-0.2, -0.15) is 0 Å². The molecule has 1 fully saturated rings. The molecule has 0 saturated carbocycles. The average Bonchev–Trinajstić information content (AvgIpc) is 2.78. The van der Waals surface area contributed by atoms with Crippen LogP contribution in [0.4, 0.5) is 4.79 Å². The lowest BCUT2D eigenvalue weighted by Crippen LogP contribution is -2.51. The number of carbonyl (C=O) groups excluding carboxylic acids is 2. The van der Waals surface area contributed by atoms with Crippen molar-refractivity contribution in [2.75, 3.05) is 20.2 Å². The zero-order valence-electron chi connectivity index (χ0n) is 19.6. The van der Waals surface area contributed by atoms with Crippen molar-refractivity contribution in [3.8, 4) is 5.75 Å². The van der Waals surface area contributed by atoms with E-state index in [0.29, 0.717) is 13.1 Å². The summed E-state index contributed by atoms with van der Waals surface area (Å²) in [6.45, 7) is 6.95. The number of benzene rings is 2. The first-order chi connectivity index (χ1) is 15.4. The van der Waals surface area contributed by atoms with E-state index in [1.54, 1.807) is 7.11 Å². The second-order valence-electron chi connectivity index (χ2n) is 8.85. The minimum absolute atomic E-state index is 0.0167. The number of hydrogen-bond acceptors (Lipinski definition) is 3. The van der Waals surface area contributed by atoms with E-state index in [4.69, 9.17) is 4.74 Å². The summed E-state index contributed by atoms with van der Waals surface area (Å²) in [7, 11) is 1.65. The third-order valence-electron chi connectivity index (χ3n) is 5.92. The smallest absolute Gasteiger partial charge is 0.318 e. The lowest BCUT2D eigenvalue weighted by atomic mass is 9.88. The minimum atomic E-state index is -0.204. The Kier molecular flexibility index (Phi) is 8.14. The lowest BCUT2D eigenvalue weighted by molar-refractivity contribution is -0.126. The number of ether oxygens (including phenoxy) is 1. The first-order valence-electron chi connectivity index (χ1n) is 11.4. The quantitative estimate of drug-likeness (QED) is 0.681. The van der Waals surface area contributed by atoms with Gasteiger partial charge in [0.1, 0.15) is 5.75 Å². The van der Waals surface area contributed by atoms with Gasteiger partial charge < -0.3 is 20.3 Å². The Morgan fingerprint density at radius 1 is 1.12 bits per heavy atom. The second-order valence-corrected chi connectivity index (χ2v) is 8.85. The molecular formula is C26H35N3O3. The highest BCUT2D eigenvalue weighted by molar-refractivity contribution is 5.81. The molecule has 1 aliphatic heterocycles.